The summed E-state index contributed by atoms with van der Waals surface area (Å²) < 4.78 is 31.6. The molecule has 1 saturated heterocycles. The Hall–Kier alpha value is -1.29. The highest BCUT2D eigenvalue weighted by Gasteiger charge is 2.47. The maximum atomic E-state index is 12.5. The van der Waals surface area contributed by atoms with E-state index in [1.54, 1.807) is 17.5 Å². The monoisotopic (exact) mass is 343 g/mol. The molecule has 120 valence electrons. The van der Waals surface area contributed by atoms with Crippen LogP contribution in [0.2, 0.25) is 0 Å². The van der Waals surface area contributed by atoms with Crippen LogP contribution in [-0.4, -0.2) is 41.1 Å². The van der Waals surface area contributed by atoms with Crippen molar-refractivity contribution in [2.45, 2.75) is 36.0 Å². The van der Waals surface area contributed by atoms with E-state index in [-0.39, 0.29) is 35.5 Å². The number of thiophene rings is 1. The van der Waals surface area contributed by atoms with Crippen molar-refractivity contribution in [3.63, 3.8) is 0 Å². The molecule has 2 aromatic heterocycles. The normalized spacial score (nSPS) is 23.5. The molecule has 0 radical (unpaired) electrons. The van der Waals surface area contributed by atoms with Gasteiger partial charge in [-0.3, -0.25) is 0 Å². The van der Waals surface area contributed by atoms with Crippen LogP contribution >= 0.6 is 11.3 Å². The summed E-state index contributed by atoms with van der Waals surface area (Å²) in [6, 6.07) is 3.24. The van der Waals surface area contributed by atoms with Crippen LogP contribution in [-0.2, 0) is 15.6 Å². The summed E-state index contributed by atoms with van der Waals surface area (Å²) in [4.78, 5) is 4.20. The van der Waals surface area contributed by atoms with E-state index < -0.39 is 15.6 Å². The summed E-state index contributed by atoms with van der Waals surface area (Å²) in [7, 11) is -3.58. The lowest BCUT2D eigenvalue weighted by atomic mass is 10.0. The average Bonchev–Trinajstić information content (AvgIpc) is 3.19. The lowest BCUT2D eigenvalue weighted by Crippen LogP contribution is -2.34. The number of aliphatic hydroxyl groups is 1. The Morgan fingerprint density at radius 3 is 2.86 bits per heavy atom. The molecule has 1 atom stereocenters. The molecule has 0 saturated carbocycles. The van der Waals surface area contributed by atoms with Gasteiger partial charge in [0, 0.05) is 18.9 Å². The summed E-state index contributed by atoms with van der Waals surface area (Å²) in [5.41, 5.74) is -1.43. The van der Waals surface area contributed by atoms with Gasteiger partial charge in [-0.05, 0) is 11.4 Å². The third-order valence-electron chi connectivity index (χ3n) is 3.66. The van der Waals surface area contributed by atoms with Crippen molar-refractivity contribution >= 4 is 21.4 Å². The molecular formula is C13H17N3O4S2. The quantitative estimate of drug-likeness (QED) is 0.904. The van der Waals surface area contributed by atoms with Gasteiger partial charge in [-0.1, -0.05) is 25.1 Å². The Balaban J connectivity index is 1.84. The van der Waals surface area contributed by atoms with Crippen molar-refractivity contribution in [1.82, 2.24) is 14.4 Å². The van der Waals surface area contributed by atoms with Crippen molar-refractivity contribution in [3.05, 3.63) is 29.2 Å². The van der Waals surface area contributed by atoms with Gasteiger partial charge in [-0.25, -0.2) is 8.42 Å². The van der Waals surface area contributed by atoms with Gasteiger partial charge in [-0.15, -0.1) is 11.3 Å². The molecular weight excluding hydrogens is 326 g/mol. The van der Waals surface area contributed by atoms with Crippen LogP contribution in [0.4, 0.5) is 0 Å². The standard InChI is InChI=1S/C13H17N3O4S2/c1-9(2)11-14-12(20-15-11)13(17)5-6-16(8-13)22(18,19)10-4-3-7-21-10/h3-4,7,9,17H,5-6,8H2,1-2H3/t13-/m1/s1. The molecule has 3 rings (SSSR count). The predicted molar refractivity (Wildman–Crippen MR) is 80.0 cm³/mol. The number of β-amino-alcohol motifs (C(OH)–C–C–N with tert-alkyl or cyclic N) is 1. The molecule has 0 spiro atoms. The van der Waals surface area contributed by atoms with Crippen molar-refractivity contribution in [3.8, 4) is 0 Å². The van der Waals surface area contributed by atoms with Crippen molar-refractivity contribution in [2.75, 3.05) is 13.1 Å². The lowest BCUT2D eigenvalue weighted by Gasteiger charge is -2.19. The van der Waals surface area contributed by atoms with Crippen molar-refractivity contribution < 1.29 is 18.0 Å². The van der Waals surface area contributed by atoms with Crippen LogP contribution in [0.3, 0.4) is 0 Å². The molecule has 3 heterocycles. The van der Waals surface area contributed by atoms with Gasteiger partial charge in [-0.2, -0.15) is 9.29 Å². The Labute approximate surface area is 132 Å². The molecule has 1 N–H and O–H groups in total. The van der Waals surface area contributed by atoms with E-state index in [0.717, 1.165) is 11.3 Å². The predicted octanol–water partition coefficient (Wildman–Crippen LogP) is 1.54. The van der Waals surface area contributed by atoms with E-state index in [2.05, 4.69) is 10.1 Å². The van der Waals surface area contributed by atoms with Crippen molar-refractivity contribution in [1.29, 1.82) is 0 Å². The molecule has 0 aliphatic carbocycles. The Bertz CT molecular complexity index is 754. The number of nitrogens with zero attached hydrogens (tertiary/aromatic N) is 3. The SMILES string of the molecule is CC(C)c1noc([C@@]2(O)CCN(S(=O)(=O)c3cccs3)C2)n1. The minimum atomic E-state index is -3.58. The lowest BCUT2D eigenvalue weighted by molar-refractivity contribution is 0.0194. The second kappa shape index (κ2) is 5.41. The smallest absolute Gasteiger partial charge is 0.260 e. The summed E-state index contributed by atoms with van der Waals surface area (Å²) in [5, 5.41) is 16.2. The number of sulfonamides is 1. The third-order valence-corrected chi connectivity index (χ3v) is 6.88. The molecule has 1 aliphatic rings. The molecule has 0 unspecified atom stereocenters. The molecule has 0 amide bonds. The minimum Gasteiger partial charge on any atom is -0.379 e. The molecule has 7 nitrogen and oxygen atoms in total. The maximum absolute atomic E-state index is 12.5. The summed E-state index contributed by atoms with van der Waals surface area (Å²) in [5.74, 6) is 0.663. The van der Waals surface area contributed by atoms with E-state index >= 15 is 0 Å². The Morgan fingerprint density at radius 2 is 2.27 bits per heavy atom. The fraction of sp³-hybridized carbons (Fsp3) is 0.538. The van der Waals surface area contributed by atoms with E-state index in [0.29, 0.717) is 5.82 Å². The van der Waals surface area contributed by atoms with Crippen molar-refractivity contribution in [2.24, 2.45) is 0 Å². The fourth-order valence-electron chi connectivity index (χ4n) is 2.34. The first-order valence-corrected chi connectivity index (χ1v) is 9.25. The molecule has 9 heteroatoms. The van der Waals surface area contributed by atoms with Gasteiger partial charge in [0.05, 0.1) is 6.54 Å². The summed E-state index contributed by atoms with van der Waals surface area (Å²) in [6.45, 7) is 3.98. The third kappa shape index (κ3) is 2.58. The minimum absolute atomic E-state index is 0.0764. The largest absolute Gasteiger partial charge is 0.379 e. The zero-order valence-electron chi connectivity index (χ0n) is 12.3. The molecule has 2 aromatic rings. The van der Waals surface area contributed by atoms with Crippen LogP contribution < -0.4 is 0 Å². The zero-order chi connectivity index (χ0) is 16.0. The molecule has 22 heavy (non-hydrogen) atoms. The van der Waals surface area contributed by atoms with Crippen LogP contribution in [0.15, 0.2) is 26.2 Å². The van der Waals surface area contributed by atoms with E-state index in [4.69, 9.17) is 4.52 Å². The van der Waals surface area contributed by atoms with Crippen LogP contribution in [0.5, 0.6) is 0 Å². The summed E-state index contributed by atoms with van der Waals surface area (Å²) in [6.07, 6.45) is 0.233. The van der Waals surface area contributed by atoms with Gasteiger partial charge >= 0.3 is 0 Å². The number of rotatable bonds is 4. The Kier molecular flexibility index (Phi) is 3.84. The molecule has 0 bridgehead atoms. The van der Waals surface area contributed by atoms with Crippen LogP contribution in [0, 0.1) is 0 Å². The Morgan fingerprint density at radius 1 is 1.50 bits per heavy atom. The zero-order valence-corrected chi connectivity index (χ0v) is 13.9. The first-order valence-electron chi connectivity index (χ1n) is 6.93. The average molecular weight is 343 g/mol. The molecule has 0 aromatic carbocycles. The van der Waals surface area contributed by atoms with Gasteiger partial charge in [0.2, 0.25) is 0 Å². The molecule has 1 fully saturated rings. The van der Waals surface area contributed by atoms with E-state index in [1.165, 1.54) is 4.31 Å². The summed E-state index contributed by atoms with van der Waals surface area (Å²) >= 11 is 1.16. The number of aromatic nitrogens is 2. The van der Waals surface area contributed by atoms with Gasteiger partial charge < -0.3 is 9.63 Å². The second-order valence-corrected chi connectivity index (χ2v) is 8.78. The van der Waals surface area contributed by atoms with Gasteiger partial charge in [0.1, 0.15) is 4.21 Å². The first kappa shape index (κ1) is 15.6. The van der Waals surface area contributed by atoms with Gasteiger partial charge in [0.25, 0.3) is 15.9 Å². The number of hydrogen-bond donors (Lipinski definition) is 1. The van der Waals surface area contributed by atoms with Crippen LogP contribution in [0.1, 0.15) is 37.9 Å². The highest BCUT2D eigenvalue weighted by Crippen LogP contribution is 2.35. The van der Waals surface area contributed by atoms with Gasteiger partial charge in [0.15, 0.2) is 11.4 Å². The maximum Gasteiger partial charge on any atom is 0.260 e. The van der Waals surface area contributed by atoms with Crippen LogP contribution in [0.25, 0.3) is 0 Å². The highest BCUT2D eigenvalue weighted by atomic mass is 32.2. The second-order valence-electron chi connectivity index (χ2n) is 5.66. The fourth-order valence-corrected chi connectivity index (χ4v) is 4.97. The topological polar surface area (TPSA) is 96.5 Å². The number of hydrogen-bond acceptors (Lipinski definition) is 7. The van der Waals surface area contributed by atoms with E-state index in [9.17, 15) is 13.5 Å². The van der Waals surface area contributed by atoms with E-state index in [1.807, 2.05) is 13.8 Å². The first-order chi connectivity index (χ1) is 10.3. The highest BCUT2D eigenvalue weighted by molar-refractivity contribution is 7.91. The molecule has 1 aliphatic heterocycles.